The van der Waals surface area contributed by atoms with Gasteiger partial charge in [-0.2, -0.15) is 9.59 Å². The van der Waals surface area contributed by atoms with Gasteiger partial charge in [0.25, 0.3) is 11.8 Å². The number of quaternary nitrogens is 1. The van der Waals surface area contributed by atoms with Gasteiger partial charge in [0, 0.05) is 25.3 Å². The zero-order valence-corrected chi connectivity index (χ0v) is 20.0. The Kier molecular flexibility index (Phi) is 7.32. The Morgan fingerprint density at radius 2 is 1.58 bits per heavy atom. The second kappa shape index (κ2) is 9.30. The smallest absolute Gasteiger partial charge is 0.444 e. The standard InChI is InChI=1S/C21H30N4O8/c1-13(23-17(28)31-20(2,3)4)10-14-11-25(12-22-14,18(29)32-21(5,6)7)19(30)33-24-15(26)8-9-16(24)27/h11-13H,8-10H2,1-7H3/p+1/t13-,25?/m1/s1. The Labute approximate surface area is 192 Å². The number of amides is 5. The summed E-state index contributed by atoms with van der Waals surface area (Å²) < 4.78 is 9.32. The fourth-order valence-electron chi connectivity index (χ4n) is 2.86. The summed E-state index contributed by atoms with van der Waals surface area (Å²) in [4.78, 5) is 70.7. The van der Waals surface area contributed by atoms with Crippen LogP contribution in [-0.2, 0) is 23.9 Å². The van der Waals surface area contributed by atoms with E-state index in [2.05, 4.69) is 10.3 Å². The Hall–Kier alpha value is -3.28. The first-order chi connectivity index (χ1) is 15.0. The van der Waals surface area contributed by atoms with Crippen LogP contribution in [0.25, 0.3) is 0 Å². The predicted octanol–water partition coefficient (Wildman–Crippen LogP) is 3.13. The summed E-state index contributed by atoms with van der Waals surface area (Å²) in [5.41, 5.74) is -1.34. The van der Waals surface area contributed by atoms with E-state index in [9.17, 15) is 24.0 Å². The Morgan fingerprint density at radius 1 is 1.03 bits per heavy atom. The van der Waals surface area contributed by atoms with Crippen LogP contribution in [0, 0.1) is 0 Å². The van der Waals surface area contributed by atoms with Gasteiger partial charge in [0.05, 0.1) is 0 Å². The monoisotopic (exact) mass is 467 g/mol. The number of imide groups is 2. The molecule has 2 aliphatic rings. The first-order valence-corrected chi connectivity index (χ1v) is 10.5. The largest absolute Gasteiger partial charge is 0.563 e. The molecule has 0 aromatic rings. The van der Waals surface area contributed by atoms with Gasteiger partial charge in [-0.15, -0.1) is 0 Å². The van der Waals surface area contributed by atoms with Gasteiger partial charge in [-0.3, -0.25) is 14.4 Å². The van der Waals surface area contributed by atoms with Crippen molar-refractivity contribution in [2.75, 3.05) is 0 Å². The summed E-state index contributed by atoms with van der Waals surface area (Å²) in [5.74, 6) is -1.38. The van der Waals surface area contributed by atoms with Crippen molar-refractivity contribution in [3.63, 3.8) is 0 Å². The van der Waals surface area contributed by atoms with Gasteiger partial charge < -0.3 is 14.8 Å². The molecule has 182 valence electrons. The molecular formula is C21H31N4O8+. The third-order valence-electron chi connectivity index (χ3n) is 4.21. The number of hydroxylamine groups is 2. The molecule has 12 heteroatoms. The average Bonchev–Trinajstić information content (AvgIpc) is 3.18. The molecule has 1 fully saturated rings. The molecule has 33 heavy (non-hydrogen) atoms. The van der Waals surface area contributed by atoms with E-state index in [0.717, 1.165) is 6.34 Å². The van der Waals surface area contributed by atoms with Gasteiger partial charge >= 0.3 is 18.3 Å². The molecule has 0 saturated carbocycles. The number of carbonyl (C=O) groups is 5. The molecule has 2 aliphatic heterocycles. The van der Waals surface area contributed by atoms with E-state index in [1.807, 2.05) is 0 Å². The molecule has 0 aromatic carbocycles. The molecule has 0 aliphatic carbocycles. The lowest BCUT2D eigenvalue weighted by atomic mass is 10.2. The number of ether oxygens (including phenoxy) is 2. The maximum absolute atomic E-state index is 13.0. The first-order valence-electron chi connectivity index (χ1n) is 10.5. The maximum Gasteiger partial charge on any atom is 0.563 e. The van der Waals surface area contributed by atoms with Gasteiger partial charge in [0.15, 0.2) is 0 Å². The number of hydrogen-bond acceptors (Lipinski definition) is 9. The number of hydrogen-bond donors (Lipinski definition) is 1. The van der Waals surface area contributed by atoms with Gasteiger partial charge in [0.1, 0.15) is 23.1 Å². The van der Waals surface area contributed by atoms with E-state index in [1.165, 1.54) is 6.20 Å². The topological polar surface area (TPSA) is 141 Å². The third kappa shape index (κ3) is 6.85. The molecule has 0 bridgehead atoms. The Morgan fingerprint density at radius 3 is 2.09 bits per heavy atom. The van der Waals surface area contributed by atoms with E-state index in [1.54, 1.807) is 48.5 Å². The zero-order chi connectivity index (χ0) is 25.2. The molecule has 5 amide bonds. The number of aliphatic imine (C=N–C) groups is 1. The lowest BCUT2D eigenvalue weighted by molar-refractivity contribution is -0.628. The molecule has 12 nitrogen and oxygen atoms in total. The fraction of sp³-hybridized carbons (Fsp3) is 0.619. The highest BCUT2D eigenvalue weighted by molar-refractivity contribution is 6.02. The van der Waals surface area contributed by atoms with Crippen molar-refractivity contribution in [3.8, 4) is 0 Å². The van der Waals surface area contributed by atoms with Gasteiger partial charge in [-0.05, 0) is 52.9 Å². The molecule has 2 atom stereocenters. The SMILES string of the molecule is C[C@H](CC1=C[N+](C(=O)ON2C(=O)CCC2=O)(C(=O)OC(C)(C)C)C=N1)NC(=O)OC(C)(C)C. The van der Waals surface area contributed by atoms with E-state index < -0.39 is 51.8 Å². The normalized spacial score (nSPS) is 21.5. The van der Waals surface area contributed by atoms with Crippen LogP contribution in [0.4, 0.5) is 14.4 Å². The summed E-state index contributed by atoms with van der Waals surface area (Å²) in [6.07, 6.45) is -0.768. The van der Waals surface area contributed by atoms with Crippen molar-refractivity contribution in [1.29, 1.82) is 0 Å². The quantitative estimate of drug-likeness (QED) is 0.491. The number of nitrogens with one attached hydrogen (secondary N) is 1. The zero-order valence-electron chi connectivity index (χ0n) is 20.0. The van der Waals surface area contributed by atoms with Gasteiger partial charge in [-0.25, -0.2) is 9.79 Å². The predicted molar refractivity (Wildman–Crippen MR) is 114 cm³/mol. The van der Waals surface area contributed by atoms with Crippen LogP contribution >= 0.6 is 0 Å². The van der Waals surface area contributed by atoms with Gasteiger partial charge in [0.2, 0.25) is 6.34 Å². The minimum Gasteiger partial charge on any atom is -0.444 e. The second-order valence-corrected chi connectivity index (χ2v) is 9.81. The summed E-state index contributed by atoms with van der Waals surface area (Å²) in [7, 11) is 0. The van der Waals surface area contributed by atoms with E-state index >= 15 is 0 Å². The molecule has 0 aromatic heterocycles. The number of rotatable bonds is 4. The summed E-state index contributed by atoms with van der Waals surface area (Å²) in [6, 6.07) is -0.459. The first kappa shape index (κ1) is 26.0. The number of carbonyl (C=O) groups excluding carboxylic acids is 5. The molecule has 0 spiro atoms. The minimum atomic E-state index is -1.25. The van der Waals surface area contributed by atoms with Crippen molar-refractivity contribution < 1.29 is 42.8 Å². The van der Waals surface area contributed by atoms with Crippen molar-refractivity contribution >= 4 is 36.4 Å². The summed E-state index contributed by atoms with van der Waals surface area (Å²) in [5, 5.41) is 2.99. The fourth-order valence-corrected chi connectivity index (χ4v) is 2.86. The van der Waals surface area contributed by atoms with E-state index in [0.29, 0.717) is 5.06 Å². The number of nitrogens with zero attached hydrogens (tertiary/aromatic N) is 3. The van der Waals surface area contributed by atoms with Crippen LogP contribution < -0.4 is 5.32 Å². The summed E-state index contributed by atoms with van der Waals surface area (Å²) >= 11 is 0. The molecule has 1 unspecified atom stereocenters. The Balaban J connectivity index is 2.22. The van der Waals surface area contributed by atoms with Crippen LogP contribution in [0.2, 0.25) is 0 Å². The second-order valence-electron chi connectivity index (χ2n) is 9.81. The third-order valence-corrected chi connectivity index (χ3v) is 4.21. The minimum absolute atomic E-state index is 0.0957. The average molecular weight is 467 g/mol. The van der Waals surface area contributed by atoms with Crippen molar-refractivity contribution in [2.45, 2.75) is 85.0 Å². The van der Waals surface area contributed by atoms with E-state index in [4.69, 9.17) is 14.3 Å². The van der Waals surface area contributed by atoms with Gasteiger partial charge in [-0.1, -0.05) is 5.06 Å². The molecule has 2 rings (SSSR count). The Bertz CT molecular complexity index is 896. The molecule has 2 heterocycles. The van der Waals surface area contributed by atoms with Crippen LogP contribution in [0.1, 0.15) is 67.7 Å². The number of alkyl carbamates (subject to hydrolysis) is 1. The van der Waals surface area contributed by atoms with Crippen LogP contribution in [-0.4, -0.2) is 63.2 Å². The highest BCUT2D eigenvalue weighted by Gasteiger charge is 2.54. The molecule has 0 radical (unpaired) electrons. The lowest BCUT2D eigenvalue weighted by Crippen LogP contribution is -2.55. The maximum atomic E-state index is 13.0. The van der Waals surface area contributed by atoms with Crippen LogP contribution in [0.3, 0.4) is 0 Å². The van der Waals surface area contributed by atoms with Crippen molar-refractivity contribution in [3.05, 3.63) is 11.9 Å². The summed E-state index contributed by atoms with van der Waals surface area (Å²) in [6.45, 7) is 11.7. The van der Waals surface area contributed by atoms with Crippen molar-refractivity contribution in [2.24, 2.45) is 4.99 Å². The molecular weight excluding hydrogens is 436 g/mol. The van der Waals surface area contributed by atoms with Crippen LogP contribution in [0.5, 0.6) is 0 Å². The van der Waals surface area contributed by atoms with E-state index in [-0.39, 0.29) is 25.0 Å². The highest BCUT2D eigenvalue weighted by atomic mass is 16.7. The lowest BCUT2D eigenvalue weighted by Gasteiger charge is -2.25. The van der Waals surface area contributed by atoms with Crippen LogP contribution in [0.15, 0.2) is 16.9 Å². The molecule has 1 N–H and O–H groups in total. The molecule has 1 saturated heterocycles. The highest BCUT2D eigenvalue weighted by Crippen LogP contribution is 2.27. The van der Waals surface area contributed by atoms with Crippen molar-refractivity contribution in [1.82, 2.24) is 10.4 Å².